The highest BCUT2D eigenvalue weighted by atomic mass is 15.0. The van der Waals surface area contributed by atoms with Crippen LogP contribution < -0.4 is 10.6 Å². The Kier molecular flexibility index (Phi) is 2.34. The zero-order valence-corrected chi connectivity index (χ0v) is 8.17. The van der Waals surface area contributed by atoms with Gasteiger partial charge in [0.2, 0.25) is 0 Å². The molecule has 70 valence electrons. The van der Waals surface area contributed by atoms with E-state index in [1.807, 2.05) is 14.1 Å². The van der Waals surface area contributed by atoms with Crippen LogP contribution in [-0.2, 0) is 6.42 Å². The molecule has 1 aromatic carbocycles. The quantitative estimate of drug-likeness (QED) is 0.705. The maximum atomic E-state index is 3.36. The zero-order chi connectivity index (χ0) is 9.26. The molecule has 0 heterocycles. The van der Waals surface area contributed by atoms with Crippen LogP contribution in [0.3, 0.4) is 0 Å². The Hall–Kier alpha value is -0.860. The summed E-state index contributed by atoms with van der Waals surface area (Å²) < 4.78 is 0. The molecule has 0 saturated heterocycles. The van der Waals surface area contributed by atoms with Crippen LogP contribution in [0.5, 0.6) is 0 Å². The predicted octanol–water partition coefficient (Wildman–Crippen LogP) is 1.09. The van der Waals surface area contributed by atoms with Gasteiger partial charge in [-0.2, -0.15) is 0 Å². The predicted molar refractivity (Wildman–Crippen MR) is 54.8 cm³/mol. The summed E-state index contributed by atoms with van der Waals surface area (Å²) in [4.78, 5) is 0. The number of hydrogen-bond acceptors (Lipinski definition) is 2. The Labute approximate surface area is 79.4 Å². The molecule has 2 N–H and O–H groups in total. The second-order valence-electron chi connectivity index (χ2n) is 3.56. The first-order valence-corrected chi connectivity index (χ1v) is 4.79. The molecule has 2 unspecified atom stereocenters. The molecule has 2 rings (SSSR count). The van der Waals surface area contributed by atoms with Gasteiger partial charge in [0.05, 0.1) is 0 Å². The van der Waals surface area contributed by atoms with Crippen LogP contribution in [0.25, 0.3) is 0 Å². The number of rotatable bonds is 2. The number of nitrogens with one attached hydrogen (secondary N) is 2. The molecule has 1 aliphatic rings. The minimum atomic E-state index is 0.473. The van der Waals surface area contributed by atoms with Gasteiger partial charge in [0, 0.05) is 12.1 Å². The van der Waals surface area contributed by atoms with Crippen molar-refractivity contribution in [2.24, 2.45) is 0 Å². The molecule has 1 aliphatic carbocycles. The van der Waals surface area contributed by atoms with E-state index in [4.69, 9.17) is 0 Å². The molecule has 2 nitrogen and oxygen atoms in total. The van der Waals surface area contributed by atoms with Crippen LogP contribution in [0.4, 0.5) is 0 Å². The zero-order valence-electron chi connectivity index (χ0n) is 8.17. The van der Waals surface area contributed by atoms with Gasteiger partial charge in [0.15, 0.2) is 0 Å². The molecule has 0 fully saturated rings. The van der Waals surface area contributed by atoms with Gasteiger partial charge >= 0.3 is 0 Å². The van der Waals surface area contributed by atoms with Gasteiger partial charge in [0.25, 0.3) is 0 Å². The van der Waals surface area contributed by atoms with E-state index in [0.717, 1.165) is 6.42 Å². The second-order valence-corrected chi connectivity index (χ2v) is 3.56. The summed E-state index contributed by atoms with van der Waals surface area (Å²) in [5.74, 6) is 0. The van der Waals surface area contributed by atoms with E-state index in [1.54, 1.807) is 0 Å². The van der Waals surface area contributed by atoms with Crippen LogP contribution in [0.2, 0.25) is 0 Å². The molecule has 2 heteroatoms. The van der Waals surface area contributed by atoms with Gasteiger partial charge < -0.3 is 10.6 Å². The fraction of sp³-hybridized carbons (Fsp3) is 0.455. The smallest absolute Gasteiger partial charge is 0.0479 e. The molecule has 2 atom stereocenters. The van der Waals surface area contributed by atoms with E-state index in [-0.39, 0.29) is 0 Å². The number of hydrogen-bond donors (Lipinski definition) is 2. The first kappa shape index (κ1) is 8.73. The summed E-state index contributed by atoms with van der Waals surface area (Å²) in [6, 6.07) is 9.68. The highest BCUT2D eigenvalue weighted by molar-refractivity contribution is 5.37. The molecular formula is C11H16N2. The summed E-state index contributed by atoms with van der Waals surface area (Å²) in [5.41, 5.74) is 2.92. The van der Waals surface area contributed by atoms with Gasteiger partial charge in [-0.3, -0.25) is 0 Å². The Bertz CT molecular complexity index is 296. The van der Waals surface area contributed by atoms with Crippen LogP contribution in [-0.4, -0.2) is 20.1 Å². The Balaban J connectivity index is 2.34. The SMILES string of the molecule is CNC1Cc2ccccc2C1NC. The lowest BCUT2D eigenvalue weighted by atomic mass is 10.1. The number of likely N-dealkylation sites (N-methyl/N-ethyl adjacent to an activating group) is 2. The summed E-state index contributed by atoms with van der Waals surface area (Å²) >= 11 is 0. The minimum Gasteiger partial charge on any atom is -0.315 e. The first-order valence-electron chi connectivity index (χ1n) is 4.79. The maximum Gasteiger partial charge on any atom is 0.0479 e. The molecule has 0 radical (unpaired) electrons. The molecule has 0 bridgehead atoms. The molecule has 0 amide bonds. The van der Waals surface area contributed by atoms with Crippen LogP contribution in [0, 0.1) is 0 Å². The summed E-state index contributed by atoms with van der Waals surface area (Å²) in [7, 11) is 4.05. The van der Waals surface area contributed by atoms with Crippen molar-refractivity contribution in [1.29, 1.82) is 0 Å². The highest BCUT2D eigenvalue weighted by Crippen LogP contribution is 2.30. The number of benzene rings is 1. The van der Waals surface area contributed by atoms with Gasteiger partial charge in [-0.05, 0) is 31.6 Å². The summed E-state index contributed by atoms with van der Waals surface area (Å²) in [6.07, 6.45) is 1.14. The van der Waals surface area contributed by atoms with Gasteiger partial charge in [0.1, 0.15) is 0 Å². The minimum absolute atomic E-state index is 0.473. The van der Waals surface area contributed by atoms with Crippen LogP contribution in [0.1, 0.15) is 17.2 Å². The van der Waals surface area contributed by atoms with Crippen molar-refractivity contribution in [2.75, 3.05) is 14.1 Å². The summed E-state index contributed by atoms with van der Waals surface area (Å²) in [5, 5.41) is 6.71. The summed E-state index contributed by atoms with van der Waals surface area (Å²) in [6.45, 7) is 0. The number of fused-ring (bicyclic) bond motifs is 1. The first-order chi connectivity index (χ1) is 6.36. The molecule has 0 saturated carbocycles. The second kappa shape index (κ2) is 3.48. The van der Waals surface area contributed by atoms with Crippen molar-refractivity contribution < 1.29 is 0 Å². The van der Waals surface area contributed by atoms with E-state index in [0.29, 0.717) is 12.1 Å². The van der Waals surface area contributed by atoms with Crippen molar-refractivity contribution in [2.45, 2.75) is 18.5 Å². The molecular weight excluding hydrogens is 160 g/mol. The van der Waals surface area contributed by atoms with Gasteiger partial charge in [-0.15, -0.1) is 0 Å². The van der Waals surface area contributed by atoms with Crippen molar-refractivity contribution in [3.63, 3.8) is 0 Å². The molecule has 0 aliphatic heterocycles. The lowest BCUT2D eigenvalue weighted by molar-refractivity contribution is 0.450. The third kappa shape index (κ3) is 1.36. The Morgan fingerprint density at radius 1 is 1.15 bits per heavy atom. The van der Waals surface area contributed by atoms with Crippen LogP contribution >= 0.6 is 0 Å². The third-order valence-corrected chi connectivity index (χ3v) is 2.91. The fourth-order valence-electron chi connectivity index (χ4n) is 2.22. The molecule has 13 heavy (non-hydrogen) atoms. The lowest BCUT2D eigenvalue weighted by Gasteiger charge is -2.18. The molecule has 1 aromatic rings. The van der Waals surface area contributed by atoms with Crippen molar-refractivity contribution in [3.05, 3.63) is 35.4 Å². The van der Waals surface area contributed by atoms with Crippen molar-refractivity contribution >= 4 is 0 Å². The van der Waals surface area contributed by atoms with E-state index >= 15 is 0 Å². The van der Waals surface area contributed by atoms with Crippen molar-refractivity contribution in [1.82, 2.24) is 10.6 Å². The fourth-order valence-corrected chi connectivity index (χ4v) is 2.22. The Morgan fingerprint density at radius 3 is 2.62 bits per heavy atom. The van der Waals surface area contributed by atoms with Gasteiger partial charge in [-0.25, -0.2) is 0 Å². The molecule has 0 spiro atoms. The highest BCUT2D eigenvalue weighted by Gasteiger charge is 2.29. The van der Waals surface area contributed by atoms with E-state index in [9.17, 15) is 0 Å². The average Bonchev–Trinajstić information content (AvgIpc) is 2.55. The molecule has 0 aromatic heterocycles. The topological polar surface area (TPSA) is 24.1 Å². The normalized spacial score (nSPS) is 26.0. The lowest BCUT2D eigenvalue weighted by Crippen LogP contribution is -2.35. The van der Waals surface area contributed by atoms with E-state index in [1.165, 1.54) is 11.1 Å². The van der Waals surface area contributed by atoms with E-state index < -0.39 is 0 Å². The largest absolute Gasteiger partial charge is 0.315 e. The Morgan fingerprint density at radius 2 is 1.92 bits per heavy atom. The standard InChI is InChI=1S/C11H16N2/c1-12-10-7-8-5-3-4-6-9(8)11(10)13-2/h3-6,10-13H,7H2,1-2H3. The van der Waals surface area contributed by atoms with Crippen LogP contribution in [0.15, 0.2) is 24.3 Å². The average molecular weight is 176 g/mol. The van der Waals surface area contributed by atoms with E-state index in [2.05, 4.69) is 34.9 Å². The van der Waals surface area contributed by atoms with Crippen molar-refractivity contribution in [3.8, 4) is 0 Å². The third-order valence-electron chi connectivity index (χ3n) is 2.91. The maximum absolute atomic E-state index is 3.36. The van der Waals surface area contributed by atoms with Gasteiger partial charge in [-0.1, -0.05) is 24.3 Å². The monoisotopic (exact) mass is 176 g/mol.